The van der Waals surface area contributed by atoms with Crippen LogP contribution >= 0.6 is 24.0 Å². The van der Waals surface area contributed by atoms with Crippen LogP contribution in [0, 0.1) is 5.92 Å². The van der Waals surface area contributed by atoms with E-state index in [2.05, 4.69) is 28.9 Å². The van der Waals surface area contributed by atoms with Crippen LogP contribution in [0.1, 0.15) is 63.9 Å². The van der Waals surface area contributed by atoms with E-state index in [9.17, 15) is 9.59 Å². The lowest BCUT2D eigenvalue weighted by Crippen LogP contribution is -2.47. The lowest BCUT2D eigenvalue weighted by atomic mass is 9.85. The van der Waals surface area contributed by atoms with Crippen LogP contribution in [0.2, 0.25) is 0 Å². The molecule has 182 valence electrons. The molecular weight excluding hydrogens is 529 g/mol. The smallest absolute Gasteiger partial charge is 0.227 e. The van der Waals surface area contributed by atoms with Crippen molar-refractivity contribution >= 4 is 47.4 Å². The van der Waals surface area contributed by atoms with E-state index in [-0.39, 0.29) is 47.8 Å². The molecule has 1 heterocycles. The van der Waals surface area contributed by atoms with E-state index < -0.39 is 0 Å². The number of amides is 2. The molecule has 0 saturated heterocycles. The number of para-hydroxylation sites is 1. The van der Waals surface area contributed by atoms with Gasteiger partial charge in [-0.15, -0.1) is 24.0 Å². The maximum Gasteiger partial charge on any atom is 0.227 e. The summed E-state index contributed by atoms with van der Waals surface area (Å²) in [6, 6.07) is 8.85. The number of nitrogens with zero attached hydrogens (tertiary/aromatic N) is 2. The molecular formula is C25H38IN5O2. The second kappa shape index (κ2) is 12.6. The first kappa shape index (κ1) is 25.8. The number of guanidine groups is 1. The fraction of sp³-hybridized carbons (Fsp3) is 0.640. The molecule has 1 aliphatic heterocycles. The second-order valence-corrected chi connectivity index (χ2v) is 9.28. The van der Waals surface area contributed by atoms with Crippen molar-refractivity contribution in [2.24, 2.45) is 10.9 Å². The van der Waals surface area contributed by atoms with E-state index in [0.717, 1.165) is 76.1 Å². The quantitative estimate of drug-likeness (QED) is 0.195. The van der Waals surface area contributed by atoms with Crippen LogP contribution in [0.5, 0.6) is 0 Å². The van der Waals surface area contributed by atoms with Gasteiger partial charge in [0.05, 0.1) is 0 Å². The molecule has 2 aliphatic carbocycles. The Balaban J connectivity index is 0.00000306. The molecule has 1 aromatic rings. The topological polar surface area (TPSA) is 85.8 Å². The molecule has 0 spiro atoms. The number of halogens is 1. The summed E-state index contributed by atoms with van der Waals surface area (Å²) in [6.45, 7) is 4.23. The summed E-state index contributed by atoms with van der Waals surface area (Å²) < 4.78 is 0. The van der Waals surface area contributed by atoms with Crippen molar-refractivity contribution in [1.82, 2.24) is 16.0 Å². The van der Waals surface area contributed by atoms with Crippen molar-refractivity contribution in [3.8, 4) is 0 Å². The summed E-state index contributed by atoms with van der Waals surface area (Å²) in [5.74, 6) is 1.30. The molecule has 33 heavy (non-hydrogen) atoms. The minimum atomic E-state index is 0. The number of carbonyl (C=O) groups is 2. The zero-order valence-electron chi connectivity index (χ0n) is 19.6. The van der Waals surface area contributed by atoms with Crippen molar-refractivity contribution in [2.75, 3.05) is 24.5 Å². The highest BCUT2D eigenvalue weighted by Crippen LogP contribution is 2.28. The lowest BCUT2D eigenvalue weighted by molar-refractivity contribution is -0.126. The third kappa shape index (κ3) is 7.32. The zero-order valence-corrected chi connectivity index (χ0v) is 22.0. The zero-order chi connectivity index (χ0) is 22.3. The van der Waals surface area contributed by atoms with Gasteiger partial charge in [0.25, 0.3) is 0 Å². The van der Waals surface area contributed by atoms with Gasteiger partial charge in [0.15, 0.2) is 5.96 Å². The van der Waals surface area contributed by atoms with Crippen LogP contribution in [0.3, 0.4) is 0 Å². The Hall–Kier alpha value is -1.84. The van der Waals surface area contributed by atoms with Gasteiger partial charge in [-0.2, -0.15) is 0 Å². The summed E-state index contributed by atoms with van der Waals surface area (Å²) in [5.41, 5.74) is 2.32. The average Bonchev–Trinajstić information content (AvgIpc) is 3.51. The normalized spacial score (nSPS) is 22.2. The van der Waals surface area contributed by atoms with Gasteiger partial charge >= 0.3 is 0 Å². The SMILES string of the molecule is CCNC(=NCCCC(=O)N1CCc2ccccc21)NC1CCCC(C(=O)NC2CC2)C1.I. The minimum absolute atomic E-state index is 0. The van der Waals surface area contributed by atoms with E-state index in [1.807, 2.05) is 23.1 Å². The molecule has 0 radical (unpaired) electrons. The van der Waals surface area contributed by atoms with Gasteiger partial charge in [-0.05, 0) is 63.5 Å². The maximum atomic E-state index is 12.7. The van der Waals surface area contributed by atoms with E-state index in [4.69, 9.17) is 4.99 Å². The largest absolute Gasteiger partial charge is 0.357 e. The van der Waals surface area contributed by atoms with E-state index in [0.29, 0.717) is 19.0 Å². The first-order chi connectivity index (χ1) is 15.6. The monoisotopic (exact) mass is 567 g/mol. The Kier molecular flexibility index (Phi) is 9.82. The Bertz CT molecular complexity index is 842. The van der Waals surface area contributed by atoms with Crippen molar-refractivity contribution in [3.05, 3.63) is 29.8 Å². The molecule has 2 unspecified atom stereocenters. The van der Waals surface area contributed by atoms with Gasteiger partial charge in [0, 0.05) is 49.7 Å². The van der Waals surface area contributed by atoms with Crippen molar-refractivity contribution in [3.63, 3.8) is 0 Å². The predicted octanol–water partition coefficient (Wildman–Crippen LogP) is 3.37. The number of hydrogen-bond donors (Lipinski definition) is 3. The van der Waals surface area contributed by atoms with Gasteiger partial charge in [0.1, 0.15) is 0 Å². The maximum absolute atomic E-state index is 12.7. The molecule has 4 rings (SSSR count). The van der Waals surface area contributed by atoms with Crippen molar-refractivity contribution < 1.29 is 9.59 Å². The van der Waals surface area contributed by atoms with Gasteiger partial charge < -0.3 is 20.9 Å². The predicted molar refractivity (Wildman–Crippen MR) is 143 cm³/mol. The van der Waals surface area contributed by atoms with Gasteiger partial charge in [-0.1, -0.05) is 24.6 Å². The number of nitrogens with one attached hydrogen (secondary N) is 3. The molecule has 2 fully saturated rings. The number of fused-ring (bicyclic) bond motifs is 1. The highest BCUT2D eigenvalue weighted by molar-refractivity contribution is 14.0. The Morgan fingerprint density at radius 1 is 1.09 bits per heavy atom. The number of hydrogen-bond acceptors (Lipinski definition) is 3. The van der Waals surface area contributed by atoms with Crippen molar-refractivity contribution in [2.45, 2.75) is 76.8 Å². The average molecular weight is 568 g/mol. The summed E-state index contributed by atoms with van der Waals surface area (Å²) in [6.07, 6.45) is 8.39. The highest BCUT2D eigenvalue weighted by Gasteiger charge is 2.31. The summed E-state index contributed by atoms with van der Waals surface area (Å²) in [5, 5.41) is 10.0. The standard InChI is InChI=1S/C25H37N5O2.HI/c1-2-26-25(29-21-9-5-8-19(17-21)24(32)28-20-12-13-20)27-15-6-11-23(31)30-16-14-18-7-3-4-10-22(18)30;/h3-4,7,10,19-21H,2,5-6,8-9,11-17H2,1H3,(H,28,32)(H2,26,27,29);1H. The van der Waals surface area contributed by atoms with Crippen LogP contribution < -0.4 is 20.9 Å². The van der Waals surface area contributed by atoms with Gasteiger partial charge in [-0.25, -0.2) is 0 Å². The number of carbonyl (C=O) groups excluding carboxylic acids is 2. The molecule has 2 atom stereocenters. The fourth-order valence-corrected chi connectivity index (χ4v) is 4.77. The molecule has 2 saturated carbocycles. The highest BCUT2D eigenvalue weighted by atomic mass is 127. The number of aliphatic imine (C=N–C) groups is 1. The number of benzene rings is 1. The first-order valence-corrected chi connectivity index (χ1v) is 12.4. The van der Waals surface area contributed by atoms with Gasteiger partial charge in [0.2, 0.25) is 11.8 Å². The van der Waals surface area contributed by atoms with Gasteiger partial charge in [-0.3, -0.25) is 14.6 Å². The van der Waals surface area contributed by atoms with Crippen LogP contribution in [-0.4, -0.2) is 49.5 Å². The molecule has 1 aromatic carbocycles. The summed E-state index contributed by atoms with van der Waals surface area (Å²) >= 11 is 0. The Morgan fingerprint density at radius 3 is 2.70 bits per heavy atom. The van der Waals surface area contributed by atoms with Crippen LogP contribution in [-0.2, 0) is 16.0 Å². The molecule has 0 bridgehead atoms. The third-order valence-electron chi connectivity index (χ3n) is 6.66. The summed E-state index contributed by atoms with van der Waals surface area (Å²) in [7, 11) is 0. The van der Waals surface area contributed by atoms with E-state index >= 15 is 0 Å². The lowest BCUT2D eigenvalue weighted by Gasteiger charge is -2.30. The Morgan fingerprint density at radius 2 is 1.91 bits per heavy atom. The molecule has 8 heteroatoms. The molecule has 2 amide bonds. The van der Waals surface area contributed by atoms with E-state index in [1.165, 1.54) is 5.56 Å². The minimum Gasteiger partial charge on any atom is -0.357 e. The summed E-state index contributed by atoms with van der Waals surface area (Å²) in [4.78, 5) is 31.7. The second-order valence-electron chi connectivity index (χ2n) is 9.28. The number of rotatable bonds is 8. The third-order valence-corrected chi connectivity index (χ3v) is 6.66. The Labute approximate surface area is 214 Å². The van der Waals surface area contributed by atoms with Crippen LogP contribution in [0.25, 0.3) is 0 Å². The number of anilines is 1. The van der Waals surface area contributed by atoms with Crippen LogP contribution in [0.15, 0.2) is 29.3 Å². The fourth-order valence-electron chi connectivity index (χ4n) is 4.77. The molecule has 3 N–H and O–H groups in total. The van der Waals surface area contributed by atoms with Crippen LogP contribution in [0.4, 0.5) is 5.69 Å². The molecule has 0 aromatic heterocycles. The molecule has 7 nitrogen and oxygen atoms in total. The van der Waals surface area contributed by atoms with E-state index in [1.54, 1.807) is 0 Å². The first-order valence-electron chi connectivity index (χ1n) is 12.4. The molecule has 3 aliphatic rings. The van der Waals surface area contributed by atoms with Crippen molar-refractivity contribution in [1.29, 1.82) is 0 Å².